The number of rotatable bonds is 5. The Bertz CT molecular complexity index is 791. The summed E-state index contributed by atoms with van der Waals surface area (Å²) in [6.45, 7) is -1.58. The molecule has 4 nitrogen and oxygen atoms in total. The Labute approximate surface area is 129 Å². The van der Waals surface area contributed by atoms with Crippen LogP contribution in [0.15, 0.2) is 53.4 Å². The Hall–Kier alpha value is -2.29. The van der Waals surface area contributed by atoms with Crippen molar-refractivity contribution in [1.82, 2.24) is 0 Å². The van der Waals surface area contributed by atoms with Crippen LogP contribution in [0.25, 0.3) is 0 Å². The summed E-state index contributed by atoms with van der Waals surface area (Å²) in [7, 11) is -4.31. The summed E-state index contributed by atoms with van der Waals surface area (Å²) in [5, 5.41) is 0. The van der Waals surface area contributed by atoms with E-state index < -0.39 is 33.5 Å². The van der Waals surface area contributed by atoms with Crippen LogP contribution < -0.4 is 9.46 Å². The normalized spacial score (nSPS) is 12.0. The van der Waals surface area contributed by atoms with Gasteiger partial charge in [0.15, 0.2) is 6.61 Å². The molecule has 0 aliphatic carbocycles. The Morgan fingerprint density at radius 3 is 2.26 bits per heavy atom. The van der Waals surface area contributed by atoms with Crippen LogP contribution in [0.4, 0.5) is 23.2 Å². The highest BCUT2D eigenvalue weighted by Crippen LogP contribution is 2.28. The van der Waals surface area contributed by atoms with E-state index in [-0.39, 0.29) is 11.4 Å². The zero-order valence-electron chi connectivity index (χ0n) is 11.5. The molecule has 0 aromatic heterocycles. The first-order valence-electron chi connectivity index (χ1n) is 6.25. The van der Waals surface area contributed by atoms with Gasteiger partial charge in [-0.05, 0) is 24.3 Å². The molecule has 0 spiro atoms. The number of hydrogen-bond acceptors (Lipinski definition) is 3. The second-order valence-electron chi connectivity index (χ2n) is 4.44. The molecule has 0 saturated carbocycles. The summed E-state index contributed by atoms with van der Waals surface area (Å²) in [4.78, 5) is -0.620. The highest BCUT2D eigenvalue weighted by molar-refractivity contribution is 7.92. The lowest BCUT2D eigenvalue weighted by atomic mass is 10.3. The van der Waals surface area contributed by atoms with Gasteiger partial charge in [-0.3, -0.25) is 4.72 Å². The smallest absolute Gasteiger partial charge is 0.422 e. The summed E-state index contributed by atoms with van der Waals surface area (Å²) in [6.07, 6.45) is -4.57. The van der Waals surface area contributed by atoms with E-state index in [0.29, 0.717) is 0 Å². The fraction of sp³-hybridized carbons (Fsp3) is 0.143. The van der Waals surface area contributed by atoms with Gasteiger partial charge in [0.2, 0.25) is 0 Å². The highest BCUT2D eigenvalue weighted by Gasteiger charge is 2.29. The van der Waals surface area contributed by atoms with Crippen LogP contribution >= 0.6 is 0 Å². The predicted octanol–water partition coefficient (Wildman–Crippen LogP) is 3.57. The lowest BCUT2D eigenvalue weighted by molar-refractivity contribution is -0.153. The van der Waals surface area contributed by atoms with E-state index in [4.69, 9.17) is 0 Å². The lowest BCUT2D eigenvalue weighted by Gasteiger charge is -2.14. The molecule has 9 heteroatoms. The van der Waals surface area contributed by atoms with Crippen molar-refractivity contribution < 1.29 is 30.7 Å². The quantitative estimate of drug-likeness (QED) is 0.840. The minimum Gasteiger partial charge on any atom is -0.482 e. The third kappa shape index (κ3) is 4.59. The third-order valence-electron chi connectivity index (χ3n) is 2.65. The van der Waals surface area contributed by atoms with Crippen LogP contribution in [0, 0.1) is 5.82 Å². The Morgan fingerprint density at radius 1 is 1.00 bits per heavy atom. The van der Waals surface area contributed by atoms with Crippen LogP contribution in [0.3, 0.4) is 0 Å². The van der Waals surface area contributed by atoms with Crippen molar-refractivity contribution in [3.63, 3.8) is 0 Å². The SMILES string of the molecule is O=S(=O)(Nc1ccccc1OCC(F)(F)F)c1ccccc1F. The van der Waals surface area contributed by atoms with Gasteiger partial charge >= 0.3 is 6.18 Å². The monoisotopic (exact) mass is 349 g/mol. The number of alkyl halides is 3. The Balaban J connectivity index is 2.28. The molecule has 0 radical (unpaired) electrons. The van der Waals surface area contributed by atoms with Crippen LogP contribution in [0.2, 0.25) is 0 Å². The van der Waals surface area contributed by atoms with Crippen molar-refractivity contribution >= 4 is 15.7 Å². The van der Waals surface area contributed by atoms with Gasteiger partial charge in [-0.15, -0.1) is 0 Å². The van der Waals surface area contributed by atoms with Gasteiger partial charge in [0.05, 0.1) is 5.69 Å². The first-order valence-corrected chi connectivity index (χ1v) is 7.73. The van der Waals surface area contributed by atoms with Crippen molar-refractivity contribution in [2.24, 2.45) is 0 Å². The maximum atomic E-state index is 13.6. The Morgan fingerprint density at radius 2 is 1.61 bits per heavy atom. The highest BCUT2D eigenvalue weighted by atomic mass is 32.2. The minimum absolute atomic E-state index is 0.222. The van der Waals surface area contributed by atoms with Gasteiger partial charge in [-0.1, -0.05) is 24.3 Å². The maximum absolute atomic E-state index is 13.6. The van der Waals surface area contributed by atoms with Crippen molar-refractivity contribution in [1.29, 1.82) is 0 Å². The van der Waals surface area contributed by atoms with Crippen LogP contribution in [0.1, 0.15) is 0 Å². The summed E-state index contributed by atoms with van der Waals surface area (Å²) >= 11 is 0. The lowest BCUT2D eigenvalue weighted by Crippen LogP contribution is -2.20. The van der Waals surface area contributed by atoms with Gasteiger partial charge in [-0.2, -0.15) is 13.2 Å². The average molecular weight is 349 g/mol. The summed E-state index contributed by atoms with van der Waals surface area (Å²) in [5.41, 5.74) is -0.222. The topological polar surface area (TPSA) is 55.4 Å². The van der Waals surface area contributed by atoms with E-state index in [1.165, 1.54) is 36.4 Å². The van der Waals surface area contributed by atoms with E-state index in [1.54, 1.807) is 0 Å². The molecule has 0 saturated heterocycles. The molecule has 2 aromatic rings. The zero-order valence-corrected chi connectivity index (χ0v) is 12.3. The molecule has 0 amide bonds. The van der Waals surface area contributed by atoms with Gasteiger partial charge in [-0.25, -0.2) is 12.8 Å². The standard InChI is InChI=1S/C14H11F4NO3S/c15-10-5-1-4-8-13(10)23(20,21)19-11-6-2-3-7-12(11)22-9-14(16,17)18/h1-8,19H,9H2. The number of halogens is 4. The number of sulfonamides is 1. The van der Waals surface area contributed by atoms with E-state index >= 15 is 0 Å². The molecule has 1 N–H and O–H groups in total. The molecule has 2 aromatic carbocycles. The summed E-state index contributed by atoms with van der Waals surface area (Å²) in [5.74, 6) is -1.29. The molecule has 2 rings (SSSR count). The molecule has 0 heterocycles. The van der Waals surface area contributed by atoms with Gasteiger partial charge in [0, 0.05) is 0 Å². The van der Waals surface area contributed by atoms with Crippen molar-refractivity contribution in [2.75, 3.05) is 11.3 Å². The second kappa shape index (κ2) is 6.45. The molecule has 23 heavy (non-hydrogen) atoms. The van der Waals surface area contributed by atoms with E-state index in [1.807, 2.05) is 4.72 Å². The molecule has 0 bridgehead atoms. The fourth-order valence-electron chi connectivity index (χ4n) is 1.70. The fourth-order valence-corrected chi connectivity index (χ4v) is 2.85. The van der Waals surface area contributed by atoms with E-state index in [2.05, 4.69) is 4.74 Å². The predicted molar refractivity (Wildman–Crippen MR) is 75.2 cm³/mol. The van der Waals surface area contributed by atoms with Crippen LogP contribution in [-0.4, -0.2) is 21.2 Å². The molecule has 0 aliphatic rings. The number of ether oxygens (including phenoxy) is 1. The van der Waals surface area contributed by atoms with Gasteiger partial charge < -0.3 is 4.74 Å². The molecule has 0 aliphatic heterocycles. The minimum atomic E-state index is -4.57. The van der Waals surface area contributed by atoms with E-state index in [9.17, 15) is 26.0 Å². The molecule has 0 unspecified atom stereocenters. The molecule has 124 valence electrons. The van der Waals surface area contributed by atoms with Crippen LogP contribution in [0.5, 0.6) is 5.75 Å². The first kappa shape index (κ1) is 17.1. The summed E-state index contributed by atoms with van der Waals surface area (Å²) < 4.78 is 81.1. The van der Waals surface area contributed by atoms with Crippen molar-refractivity contribution in [3.8, 4) is 5.75 Å². The average Bonchev–Trinajstić information content (AvgIpc) is 2.45. The second-order valence-corrected chi connectivity index (χ2v) is 6.09. The molecule has 0 fully saturated rings. The third-order valence-corrected chi connectivity index (χ3v) is 4.05. The number of hydrogen-bond donors (Lipinski definition) is 1. The van der Waals surface area contributed by atoms with Gasteiger partial charge in [0.25, 0.3) is 10.0 Å². The summed E-state index contributed by atoms with van der Waals surface area (Å²) in [6, 6.07) is 9.80. The number of benzene rings is 2. The van der Waals surface area contributed by atoms with Crippen LogP contribution in [-0.2, 0) is 10.0 Å². The van der Waals surface area contributed by atoms with E-state index in [0.717, 1.165) is 12.1 Å². The zero-order chi connectivity index (χ0) is 17.1. The van der Waals surface area contributed by atoms with Crippen molar-refractivity contribution in [2.45, 2.75) is 11.1 Å². The molecular formula is C14H11F4NO3S. The van der Waals surface area contributed by atoms with Gasteiger partial charge in [0.1, 0.15) is 16.5 Å². The Kier molecular flexibility index (Phi) is 4.79. The molecular weight excluding hydrogens is 338 g/mol. The largest absolute Gasteiger partial charge is 0.482 e. The maximum Gasteiger partial charge on any atom is 0.422 e. The number of anilines is 1. The number of nitrogens with one attached hydrogen (secondary N) is 1. The number of para-hydroxylation sites is 2. The molecule has 0 atom stereocenters. The van der Waals surface area contributed by atoms with Crippen molar-refractivity contribution in [3.05, 3.63) is 54.3 Å². The first-order chi connectivity index (χ1) is 10.7.